The van der Waals surface area contributed by atoms with Crippen molar-refractivity contribution in [3.63, 3.8) is 0 Å². The Bertz CT molecular complexity index is 272. The average molecular weight is 199 g/mol. The molecule has 14 heavy (non-hydrogen) atoms. The zero-order valence-electron chi connectivity index (χ0n) is 8.02. The van der Waals surface area contributed by atoms with Crippen LogP contribution in [0.4, 0.5) is 0 Å². The minimum Gasteiger partial charge on any atom is -0.478 e. The molecule has 78 valence electrons. The fraction of sp³-hybridized carbons (Fsp3) is 0.556. The Kier molecular flexibility index (Phi) is 3.64. The number of methoxy groups -OCH3 is 1. The number of carbonyl (C=O) groups excluding carboxylic acids is 1. The molecule has 0 saturated carbocycles. The minimum absolute atomic E-state index is 0.00230. The van der Waals surface area contributed by atoms with Crippen LogP contribution >= 0.6 is 0 Å². The van der Waals surface area contributed by atoms with E-state index in [2.05, 4.69) is 0 Å². The van der Waals surface area contributed by atoms with Crippen molar-refractivity contribution in [2.24, 2.45) is 0 Å². The van der Waals surface area contributed by atoms with Crippen LogP contribution in [0.15, 0.2) is 11.8 Å². The SMILES string of the molecule is COCCCN1C=C(C(=O)O)CC1=O. The van der Waals surface area contributed by atoms with E-state index in [9.17, 15) is 9.59 Å². The van der Waals surface area contributed by atoms with Gasteiger partial charge < -0.3 is 14.7 Å². The molecule has 0 fully saturated rings. The van der Waals surface area contributed by atoms with Crippen LogP contribution in [0.3, 0.4) is 0 Å². The summed E-state index contributed by atoms with van der Waals surface area (Å²) in [5, 5.41) is 8.65. The van der Waals surface area contributed by atoms with Crippen molar-refractivity contribution in [3.8, 4) is 0 Å². The summed E-state index contributed by atoms with van der Waals surface area (Å²) in [5.41, 5.74) is 0.160. The van der Waals surface area contributed by atoms with Crippen LogP contribution in [0.1, 0.15) is 12.8 Å². The van der Waals surface area contributed by atoms with E-state index >= 15 is 0 Å². The maximum Gasteiger partial charge on any atom is 0.333 e. The molecule has 0 bridgehead atoms. The second-order valence-corrected chi connectivity index (χ2v) is 3.07. The topological polar surface area (TPSA) is 66.8 Å². The number of nitrogens with zero attached hydrogens (tertiary/aromatic N) is 1. The lowest BCUT2D eigenvalue weighted by Gasteiger charge is -2.11. The van der Waals surface area contributed by atoms with E-state index in [0.717, 1.165) is 0 Å². The molecule has 1 heterocycles. The highest BCUT2D eigenvalue weighted by Crippen LogP contribution is 2.15. The highest BCUT2D eigenvalue weighted by atomic mass is 16.5. The molecule has 5 heteroatoms. The normalized spacial score (nSPS) is 15.9. The summed E-state index contributed by atoms with van der Waals surface area (Å²) in [7, 11) is 1.59. The summed E-state index contributed by atoms with van der Waals surface area (Å²) in [6.45, 7) is 1.09. The monoisotopic (exact) mass is 199 g/mol. The van der Waals surface area contributed by atoms with Gasteiger partial charge in [-0.05, 0) is 6.42 Å². The molecule has 0 atom stereocenters. The molecule has 0 aromatic rings. The van der Waals surface area contributed by atoms with Crippen molar-refractivity contribution in [2.45, 2.75) is 12.8 Å². The van der Waals surface area contributed by atoms with Crippen LogP contribution in [0, 0.1) is 0 Å². The van der Waals surface area contributed by atoms with Crippen molar-refractivity contribution < 1.29 is 19.4 Å². The first-order chi connectivity index (χ1) is 6.65. The number of carbonyl (C=O) groups is 2. The molecule has 0 aromatic carbocycles. The lowest BCUT2D eigenvalue weighted by atomic mass is 10.2. The molecule has 0 saturated heterocycles. The van der Waals surface area contributed by atoms with E-state index in [0.29, 0.717) is 19.6 Å². The van der Waals surface area contributed by atoms with E-state index in [1.165, 1.54) is 11.1 Å². The van der Waals surface area contributed by atoms with Crippen LogP contribution in [0.5, 0.6) is 0 Å². The van der Waals surface area contributed by atoms with Gasteiger partial charge in [0.1, 0.15) is 0 Å². The Hall–Kier alpha value is -1.36. The van der Waals surface area contributed by atoms with Gasteiger partial charge in [-0.25, -0.2) is 4.79 Å². The van der Waals surface area contributed by atoms with Gasteiger partial charge in [0.05, 0.1) is 12.0 Å². The first kappa shape index (κ1) is 10.7. The number of hydrogen-bond acceptors (Lipinski definition) is 3. The van der Waals surface area contributed by atoms with Crippen LogP contribution in [0.2, 0.25) is 0 Å². The fourth-order valence-electron chi connectivity index (χ4n) is 1.27. The van der Waals surface area contributed by atoms with Crippen LogP contribution in [-0.2, 0) is 14.3 Å². The Morgan fingerprint density at radius 2 is 2.43 bits per heavy atom. The van der Waals surface area contributed by atoms with Gasteiger partial charge in [0, 0.05) is 26.5 Å². The quantitative estimate of drug-likeness (QED) is 0.643. The number of carboxylic acids is 1. The fourth-order valence-corrected chi connectivity index (χ4v) is 1.27. The van der Waals surface area contributed by atoms with E-state index < -0.39 is 5.97 Å². The molecule has 0 radical (unpaired) electrons. The van der Waals surface area contributed by atoms with Gasteiger partial charge in [-0.3, -0.25) is 4.79 Å². The maximum absolute atomic E-state index is 11.3. The second kappa shape index (κ2) is 4.76. The van der Waals surface area contributed by atoms with Gasteiger partial charge in [-0.1, -0.05) is 0 Å². The highest BCUT2D eigenvalue weighted by molar-refractivity contribution is 5.97. The highest BCUT2D eigenvalue weighted by Gasteiger charge is 2.24. The molecule has 1 N–H and O–H groups in total. The lowest BCUT2D eigenvalue weighted by Crippen LogP contribution is -2.22. The number of amides is 1. The predicted molar refractivity (Wildman–Crippen MR) is 48.5 cm³/mol. The first-order valence-corrected chi connectivity index (χ1v) is 4.37. The summed E-state index contributed by atoms with van der Waals surface area (Å²) in [6, 6.07) is 0. The summed E-state index contributed by atoms with van der Waals surface area (Å²) in [4.78, 5) is 23.2. The maximum atomic E-state index is 11.3. The van der Waals surface area contributed by atoms with Crippen LogP contribution in [0.25, 0.3) is 0 Å². The van der Waals surface area contributed by atoms with Crippen LogP contribution in [-0.4, -0.2) is 42.1 Å². The molecular weight excluding hydrogens is 186 g/mol. The van der Waals surface area contributed by atoms with Gasteiger partial charge in [0.25, 0.3) is 0 Å². The number of hydrogen-bond donors (Lipinski definition) is 1. The second-order valence-electron chi connectivity index (χ2n) is 3.07. The van der Waals surface area contributed by atoms with Crippen molar-refractivity contribution in [1.82, 2.24) is 4.90 Å². The number of ether oxygens (including phenoxy) is 1. The third-order valence-electron chi connectivity index (χ3n) is 2.00. The lowest BCUT2D eigenvalue weighted by molar-refractivity contribution is -0.134. The van der Waals surface area contributed by atoms with Gasteiger partial charge >= 0.3 is 5.97 Å². The van der Waals surface area contributed by atoms with Crippen LogP contribution < -0.4 is 0 Å². The van der Waals surface area contributed by atoms with Gasteiger partial charge in [0.15, 0.2) is 0 Å². The van der Waals surface area contributed by atoms with Gasteiger partial charge in [-0.2, -0.15) is 0 Å². The summed E-state index contributed by atoms with van der Waals surface area (Å²) < 4.78 is 4.84. The van der Waals surface area contributed by atoms with E-state index in [1.807, 2.05) is 0 Å². The molecule has 1 amide bonds. The van der Waals surface area contributed by atoms with E-state index in [-0.39, 0.29) is 17.9 Å². The number of rotatable bonds is 5. The van der Waals surface area contributed by atoms with E-state index in [4.69, 9.17) is 9.84 Å². The number of carboxylic acid groups (broad SMARTS) is 1. The van der Waals surface area contributed by atoms with Crippen molar-refractivity contribution in [1.29, 1.82) is 0 Å². The molecule has 0 unspecified atom stereocenters. The Morgan fingerprint density at radius 1 is 1.71 bits per heavy atom. The summed E-state index contributed by atoms with van der Waals surface area (Å²) in [5.74, 6) is -1.17. The molecule has 0 aromatic heterocycles. The molecule has 1 rings (SSSR count). The summed E-state index contributed by atoms with van der Waals surface area (Å²) in [6.07, 6.45) is 2.12. The predicted octanol–water partition coefficient (Wildman–Crippen LogP) is 0.224. The molecule has 5 nitrogen and oxygen atoms in total. The van der Waals surface area contributed by atoms with Crippen molar-refractivity contribution >= 4 is 11.9 Å². The van der Waals surface area contributed by atoms with Crippen molar-refractivity contribution in [2.75, 3.05) is 20.3 Å². The Balaban J connectivity index is 2.45. The van der Waals surface area contributed by atoms with E-state index in [1.54, 1.807) is 7.11 Å². The van der Waals surface area contributed by atoms with Crippen molar-refractivity contribution in [3.05, 3.63) is 11.8 Å². The molecule has 1 aliphatic rings. The molecular formula is C9H13NO4. The average Bonchev–Trinajstić information content (AvgIpc) is 2.49. The molecule has 0 aliphatic carbocycles. The number of aliphatic carboxylic acids is 1. The molecule has 1 aliphatic heterocycles. The first-order valence-electron chi connectivity index (χ1n) is 4.37. The molecule has 0 spiro atoms. The van der Waals surface area contributed by atoms with Gasteiger partial charge in [-0.15, -0.1) is 0 Å². The largest absolute Gasteiger partial charge is 0.478 e. The summed E-state index contributed by atoms with van der Waals surface area (Å²) >= 11 is 0. The zero-order valence-corrected chi connectivity index (χ0v) is 8.02. The standard InChI is InChI=1S/C9H13NO4/c1-14-4-2-3-10-6-7(9(12)13)5-8(10)11/h6H,2-5H2,1H3,(H,12,13). The minimum atomic E-state index is -1.02. The smallest absolute Gasteiger partial charge is 0.333 e. The Labute approximate surface area is 82.0 Å². The Morgan fingerprint density at radius 3 is 2.93 bits per heavy atom. The third kappa shape index (κ3) is 2.56. The van der Waals surface area contributed by atoms with Gasteiger partial charge in [0.2, 0.25) is 5.91 Å². The zero-order chi connectivity index (χ0) is 10.6. The third-order valence-corrected chi connectivity index (χ3v) is 2.00.